The molecule has 0 N–H and O–H groups in total. The van der Waals surface area contributed by atoms with Gasteiger partial charge in [0, 0.05) is 33.4 Å². The Balaban J connectivity index is 0.00000304. The van der Waals surface area contributed by atoms with E-state index in [0.29, 0.717) is 0 Å². The summed E-state index contributed by atoms with van der Waals surface area (Å²) in [5.74, 6) is 0.356. The summed E-state index contributed by atoms with van der Waals surface area (Å²) in [4.78, 5) is 13.9. The predicted molar refractivity (Wildman–Crippen MR) is 146 cm³/mol. The molecule has 0 aliphatic carbocycles. The van der Waals surface area contributed by atoms with Gasteiger partial charge in [-0.3, -0.25) is 0 Å². The predicted octanol–water partition coefficient (Wildman–Crippen LogP) is 5.21. The largest absolute Gasteiger partial charge is 1.00 e. The highest BCUT2D eigenvalue weighted by Crippen LogP contribution is 2.49. The molecule has 0 saturated carbocycles. The van der Waals surface area contributed by atoms with Crippen molar-refractivity contribution < 1.29 is 31.2 Å². The lowest BCUT2D eigenvalue weighted by molar-refractivity contribution is -0.159. The summed E-state index contributed by atoms with van der Waals surface area (Å²) in [5.41, 5.74) is 2.26. The number of carbonyl (C=O) groups is 1. The van der Waals surface area contributed by atoms with Crippen LogP contribution in [0.1, 0.15) is 30.5 Å². The zero-order valence-corrected chi connectivity index (χ0v) is 23.3. The number of ether oxygens (including phenoxy) is 2. The maximum Gasteiger partial charge on any atom is 0.345 e. The van der Waals surface area contributed by atoms with Gasteiger partial charge in [-0.15, -0.1) is 0 Å². The topological polar surface area (TPSA) is 35.5 Å². The van der Waals surface area contributed by atoms with Crippen LogP contribution >= 0.6 is 10.5 Å². The molecule has 36 heavy (non-hydrogen) atoms. The van der Waals surface area contributed by atoms with Gasteiger partial charge in [0.15, 0.2) is 20.9 Å². The first-order valence-corrected chi connectivity index (χ1v) is 13.0. The number of thiophene rings is 1. The van der Waals surface area contributed by atoms with Gasteiger partial charge in [0.25, 0.3) is 0 Å². The van der Waals surface area contributed by atoms with E-state index in [1.54, 1.807) is 0 Å². The van der Waals surface area contributed by atoms with Crippen molar-refractivity contribution in [3.05, 3.63) is 108 Å². The van der Waals surface area contributed by atoms with E-state index in [1.165, 1.54) is 25.1 Å². The SMILES string of the molecule is Cc1cc(-[s+]2c3ccccc3c3ccccc32)cc(C)c1OCC(=O)OC(C)(C)c1ccccc1.[Br-]. The minimum Gasteiger partial charge on any atom is -1.00 e. The Morgan fingerprint density at radius 2 is 1.28 bits per heavy atom. The maximum atomic E-state index is 12.6. The Bertz CT molecular complexity index is 1460. The highest BCUT2D eigenvalue weighted by molar-refractivity contribution is 7.50. The Kier molecular flexibility index (Phi) is 7.53. The molecular formula is C31H29BrO3S. The number of fused-ring (bicyclic) bond motifs is 3. The molecule has 0 unspecified atom stereocenters. The molecule has 3 nitrogen and oxygen atoms in total. The Labute approximate surface area is 225 Å². The van der Waals surface area contributed by atoms with Gasteiger partial charge in [-0.2, -0.15) is 0 Å². The van der Waals surface area contributed by atoms with Gasteiger partial charge in [-0.25, -0.2) is 4.79 Å². The molecule has 4 aromatic carbocycles. The first kappa shape index (κ1) is 25.9. The first-order valence-electron chi connectivity index (χ1n) is 11.8. The minimum absolute atomic E-state index is 0. The van der Waals surface area contributed by atoms with Crippen molar-refractivity contribution in [3.8, 4) is 10.6 Å². The van der Waals surface area contributed by atoms with E-state index >= 15 is 0 Å². The second kappa shape index (κ2) is 10.5. The van der Waals surface area contributed by atoms with E-state index in [2.05, 4.69) is 60.7 Å². The molecule has 0 fully saturated rings. The van der Waals surface area contributed by atoms with Crippen LogP contribution in [0.25, 0.3) is 25.1 Å². The van der Waals surface area contributed by atoms with E-state index in [9.17, 15) is 4.79 Å². The molecule has 0 saturated heterocycles. The fourth-order valence-electron chi connectivity index (χ4n) is 4.71. The normalized spacial score (nSPS) is 11.3. The van der Waals surface area contributed by atoms with Crippen LogP contribution in [0.15, 0.2) is 91.0 Å². The van der Waals surface area contributed by atoms with E-state index < -0.39 is 5.60 Å². The minimum atomic E-state index is -0.722. The summed E-state index contributed by atoms with van der Waals surface area (Å²) in [6.07, 6.45) is 0. The lowest BCUT2D eigenvalue weighted by Crippen LogP contribution is -3.00. The number of halogens is 1. The molecule has 0 radical (unpaired) electrons. The molecule has 0 atom stereocenters. The van der Waals surface area contributed by atoms with Crippen LogP contribution in [0.2, 0.25) is 0 Å². The number of esters is 1. The molecule has 5 aromatic rings. The third-order valence-corrected chi connectivity index (χ3v) is 8.64. The summed E-state index contributed by atoms with van der Waals surface area (Å²) >= 11 is 0. The maximum absolute atomic E-state index is 12.6. The smallest absolute Gasteiger partial charge is 0.345 e. The van der Waals surface area contributed by atoms with Crippen LogP contribution in [-0.2, 0) is 15.1 Å². The van der Waals surface area contributed by atoms with E-state index in [4.69, 9.17) is 9.47 Å². The highest BCUT2D eigenvalue weighted by Gasteiger charge is 2.27. The van der Waals surface area contributed by atoms with Crippen molar-refractivity contribution in [1.29, 1.82) is 0 Å². The Morgan fingerprint density at radius 1 is 0.778 bits per heavy atom. The first-order chi connectivity index (χ1) is 16.8. The van der Waals surface area contributed by atoms with Gasteiger partial charge in [-0.05, 0) is 68.7 Å². The Hall–Kier alpha value is -3.15. The van der Waals surface area contributed by atoms with Crippen molar-refractivity contribution in [2.24, 2.45) is 0 Å². The van der Waals surface area contributed by atoms with Crippen LogP contribution in [0.5, 0.6) is 5.75 Å². The zero-order chi connectivity index (χ0) is 24.6. The van der Waals surface area contributed by atoms with Crippen molar-refractivity contribution in [2.45, 2.75) is 33.3 Å². The second-order valence-corrected chi connectivity index (χ2v) is 11.3. The zero-order valence-electron chi connectivity index (χ0n) is 20.9. The summed E-state index contributed by atoms with van der Waals surface area (Å²) < 4.78 is 14.5. The molecular weight excluding hydrogens is 532 g/mol. The highest BCUT2D eigenvalue weighted by atomic mass is 79.9. The molecule has 184 valence electrons. The van der Waals surface area contributed by atoms with Crippen LogP contribution in [-0.4, -0.2) is 12.6 Å². The summed E-state index contributed by atoms with van der Waals surface area (Å²) in [6, 6.07) is 31.5. The van der Waals surface area contributed by atoms with Crippen molar-refractivity contribution in [2.75, 3.05) is 6.61 Å². The van der Waals surface area contributed by atoms with Gasteiger partial charge in [0.05, 0.1) is 0 Å². The standard InChI is InChI=1S/C31H29O3S.BrH/c1-21-18-24(35-27-16-10-8-14-25(27)26-15-9-11-17-28(26)35)19-22(2)30(21)33-20-29(32)34-31(3,4)23-12-6-5-7-13-23;/h5-19H,20H2,1-4H3;1H/q+1;/p-1. The third-order valence-electron chi connectivity index (χ3n) is 6.35. The molecule has 5 rings (SSSR count). The van der Waals surface area contributed by atoms with E-state index in [-0.39, 0.29) is 40.0 Å². The van der Waals surface area contributed by atoms with Crippen molar-refractivity contribution in [1.82, 2.24) is 0 Å². The summed E-state index contributed by atoms with van der Waals surface area (Å²) in [6.45, 7) is 7.74. The summed E-state index contributed by atoms with van der Waals surface area (Å²) in [5, 5.41) is 2.62. The molecule has 1 aromatic heterocycles. The van der Waals surface area contributed by atoms with Crippen LogP contribution in [0.3, 0.4) is 0 Å². The molecule has 0 bridgehead atoms. The molecule has 5 heteroatoms. The number of hydrogen-bond acceptors (Lipinski definition) is 3. The van der Waals surface area contributed by atoms with Crippen LogP contribution in [0, 0.1) is 13.8 Å². The second-order valence-electron chi connectivity index (χ2n) is 9.32. The van der Waals surface area contributed by atoms with Gasteiger partial charge >= 0.3 is 5.97 Å². The monoisotopic (exact) mass is 560 g/mol. The van der Waals surface area contributed by atoms with Gasteiger partial charge in [0.2, 0.25) is 0 Å². The number of rotatable bonds is 6. The number of benzene rings is 4. The van der Waals surface area contributed by atoms with Gasteiger partial charge < -0.3 is 26.5 Å². The molecule has 0 aliphatic heterocycles. The fourth-order valence-corrected chi connectivity index (χ4v) is 7.27. The van der Waals surface area contributed by atoms with Crippen LogP contribution < -0.4 is 21.7 Å². The fraction of sp³-hybridized carbons (Fsp3) is 0.194. The van der Waals surface area contributed by atoms with Gasteiger partial charge in [-0.1, -0.05) is 54.6 Å². The lowest BCUT2D eigenvalue weighted by Gasteiger charge is -2.25. The average Bonchev–Trinajstić information content (AvgIpc) is 3.18. The number of aryl methyl sites for hydroxylation is 2. The third kappa shape index (κ3) is 4.91. The van der Waals surface area contributed by atoms with E-state index in [0.717, 1.165) is 22.4 Å². The quantitative estimate of drug-likeness (QED) is 0.211. The summed E-state index contributed by atoms with van der Waals surface area (Å²) in [7, 11) is -0.164. The van der Waals surface area contributed by atoms with E-state index in [1.807, 2.05) is 58.0 Å². The molecule has 0 amide bonds. The average molecular weight is 562 g/mol. The Morgan fingerprint density at radius 3 is 1.83 bits per heavy atom. The molecule has 0 spiro atoms. The van der Waals surface area contributed by atoms with Crippen molar-refractivity contribution >= 4 is 36.6 Å². The number of carbonyl (C=O) groups excluding carboxylic acids is 1. The van der Waals surface area contributed by atoms with Crippen molar-refractivity contribution in [3.63, 3.8) is 0 Å². The molecule has 0 aliphatic rings. The van der Waals surface area contributed by atoms with Gasteiger partial charge in [0.1, 0.15) is 11.4 Å². The molecule has 1 heterocycles. The lowest BCUT2D eigenvalue weighted by atomic mass is 9.98. The number of hydrogen-bond donors (Lipinski definition) is 0. The van der Waals surface area contributed by atoms with Crippen LogP contribution in [0.4, 0.5) is 0 Å².